The molecule has 0 saturated carbocycles. The molecular weight excluding hydrogens is 500 g/mol. The lowest BCUT2D eigenvalue weighted by molar-refractivity contribution is -0.136. The molecule has 1 atom stereocenters. The van der Waals surface area contributed by atoms with Gasteiger partial charge < -0.3 is 19.1 Å². The van der Waals surface area contributed by atoms with Crippen molar-refractivity contribution in [2.75, 3.05) is 31.1 Å². The molecule has 1 amide bonds. The Hall–Kier alpha value is -3.61. The molecule has 3 heterocycles. The number of amides is 1. The Kier molecular flexibility index (Phi) is 7.89. The van der Waals surface area contributed by atoms with Crippen molar-refractivity contribution in [2.24, 2.45) is 11.8 Å². The van der Waals surface area contributed by atoms with E-state index in [2.05, 4.69) is 88.4 Å². The number of nitrogens with zero attached hydrogens (tertiary/aromatic N) is 4. The summed E-state index contributed by atoms with van der Waals surface area (Å²) >= 11 is 0. The van der Waals surface area contributed by atoms with Gasteiger partial charge in [-0.2, -0.15) is 4.98 Å². The number of allylic oxidation sites excluding steroid dienone is 2. The fourth-order valence-electron chi connectivity index (χ4n) is 6.12. The van der Waals surface area contributed by atoms with Crippen LogP contribution in [0.4, 0.5) is 6.01 Å². The Labute approximate surface area is 237 Å². The van der Waals surface area contributed by atoms with Gasteiger partial charge in [0.2, 0.25) is 5.91 Å². The van der Waals surface area contributed by atoms with Gasteiger partial charge in [0, 0.05) is 38.0 Å². The van der Waals surface area contributed by atoms with Crippen LogP contribution in [0.5, 0.6) is 5.75 Å². The van der Waals surface area contributed by atoms with E-state index in [9.17, 15) is 4.79 Å². The van der Waals surface area contributed by atoms with Crippen LogP contribution in [0.15, 0.2) is 59.1 Å². The summed E-state index contributed by atoms with van der Waals surface area (Å²) in [6.07, 6.45) is 8.03. The van der Waals surface area contributed by atoms with Gasteiger partial charge >= 0.3 is 6.01 Å². The predicted octanol–water partition coefficient (Wildman–Crippen LogP) is 6.26. The second-order valence-electron chi connectivity index (χ2n) is 11.8. The Morgan fingerprint density at radius 2 is 1.77 bits per heavy atom. The van der Waals surface area contributed by atoms with E-state index in [0.717, 1.165) is 82.9 Å². The van der Waals surface area contributed by atoms with E-state index in [-0.39, 0.29) is 11.8 Å². The second kappa shape index (κ2) is 11.9. The summed E-state index contributed by atoms with van der Waals surface area (Å²) in [7, 11) is 0. The lowest BCUT2D eigenvalue weighted by atomic mass is 9.85. The van der Waals surface area contributed by atoms with Crippen molar-refractivity contribution in [3.05, 3.63) is 77.1 Å². The highest BCUT2D eigenvalue weighted by atomic mass is 16.5. The minimum atomic E-state index is 0.0973. The smallest absolute Gasteiger partial charge is 0.324 e. The Balaban J connectivity index is 0.958. The first-order chi connectivity index (χ1) is 19.5. The van der Waals surface area contributed by atoms with Crippen LogP contribution >= 0.6 is 0 Å². The maximum absolute atomic E-state index is 13.2. The number of anilines is 1. The quantitative estimate of drug-likeness (QED) is 0.352. The molecule has 7 heteroatoms. The van der Waals surface area contributed by atoms with E-state index < -0.39 is 0 Å². The molecule has 3 aromatic rings. The van der Waals surface area contributed by atoms with Crippen LogP contribution in [0, 0.1) is 11.8 Å². The molecule has 210 valence electrons. The summed E-state index contributed by atoms with van der Waals surface area (Å²) in [5.41, 5.74) is 5.26. The van der Waals surface area contributed by atoms with Gasteiger partial charge in [0.05, 0.1) is 6.61 Å². The average molecular weight is 541 g/mol. The minimum absolute atomic E-state index is 0.0973. The molecule has 1 saturated heterocycles. The molecule has 2 aromatic carbocycles. The molecule has 1 unspecified atom stereocenters. The first-order valence-corrected chi connectivity index (χ1v) is 14.9. The summed E-state index contributed by atoms with van der Waals surface area (Å²) in [6, 6.07) is 17.6. The van der Waals surface area contributed by atoms with Crippen LogP contribution in [-0.2, 0) is 17.8 Å². The van der Waals surface area contributed by atoms with Crippen molar-refractivity contribution in [2.45, 2.75) is 64.8 Å². The zero-order valence-electron chi connectivity index (χ0n) is 23.7. The average Bonchev–Trinajstić information content (AvgIpc) is 3.51. The van der Waals surface area contributed by atoms with Gasteiger partial charge in [-0.15, -0.1) is 0 Å². The van der Waals surface area contributed by atoms with Gasteiger partial charge in [0.15, 0.2) is 5.82 Å². The van der Waals surface area contributed by atoms with E-state index in [1.54, 1.807) is 0 Å². The van der Waals surface area contributed by atoms with Crippen molar-refractivity contribution < 1.29 is 14.1 Å². The van der Waals surface area contributed by atoms with Crippen molar-refractivity contribution in [1.29, 1.82) is 0 Å². The third kappa shape index (κ3) is 5.93. The molecule has 2 aliphatic heterocycles. The summed E-state index contributed by atoms with van der Waals surface area (Å²) < 4.78 is 11.6. The number of aromatic nitrogens is 2. The van der Waals surface area contributed by atoms with Crippen molar-refractivity contribution in [1.82, 2.24) is 15.0 Å². The summed E-state index contributed by atoms with van der Waals surface area (Å²) in [5.74, 6) is 2.89. The lowest BCUT2D eigenvalue weighted by Gasteiger charge is -2.33. The number of carbonyl (C=O) groups is 1. The zero-order valence-corrected chi connectivity index (χ0v) is 23.7. The Morgan fingerprint density at radius 3 is 2.48 bits per heavy atom. The van der Waals surface area contributed by atoms with Gasteiger partial charge in [0.1, 0.15) is 5.75 Å². The first kappa shape index (κ1) is 26.6. The van der Waals surface area contributed by atoms with E-state index >= 15 is 0 Å². The number of carbonyl (C=O) groups excluding carboxylic acids is 1. The molecule has 6 rings (SSSR count). The van der Waals surface area contributed by atoms with Crippen molar-refractivity contribution >= 4 is 17.5 Å². The van der Waals surface area contributed by atoms with E-state index in [0.29, 0.717) is 17.8 Å². The maximum atomic E-state index is 13.2. The molecule has 0 bridgehead atoms. The predicted molar refractivity (Wildman–Crippen MR) is 156 cm³/mol. The van der Waals surface area contributed by atoms with Crippen LogP contribution in [0.1, 0.15) is 74.4 Å². The number of ether oxygens (including phenoxy) is 1. The van der Waals surface area contributed by atoms with Crippen LogP contribution in [0.2, 0.25) is 0 Å². The molecular formula is C33H40N4O3. The molecule has 0 spiro atoms. The SMILES string of the molecule is CC(C)c1noc(N2CCC(COc3ccc(C4=CCC(C(=O)N5CCc6ccccc6C5)CC4)cc3)CC2)n1. The number of rotatable bonds is 7. The molecule has 3 aliphatic rings. The third-order valence-corrected chi connectivity index (χ3v) is 8.75. The largest absolute Gasteiger partial charge is 0.493 e. The lowest BCUT2D eigenvalue weighted by Crippen LogP contribution is -2.40. The monoisotopic (exact) mass is 540 g/mol. The molecule has 7 nitrogen and oxygen atoms in total. The molecule has 1 aromatic heterocycles. The van der Waals surface area contributed by atoms with Gasteiger partial charge in [-0.1, -0.05) is 61.5 Å². The van der Waals surface area contributed by atoms with E-state index in [1.165, 1.54) is 22.3 Å². The highest BCUT2D eigenvalue weighted by Gasteiger charge is 2.29. The number of hydrogen-bond acceptors (Lipinski definition) is 6. The molecule has 0 radical (unpaired) electrons. The normalized spacial score (nSPS) is 19.9. The van der Waals surface area contributed by atoms with Gasteiger partial charge in [-0.05, 0) is 78.8 Å². The van der Waals surface area contributed by atoms with Gasteiger partial charge in [-0.25, -0.2) is 0 Å². The number of fused-ring (bicyclic) bond motifs is 1. The molecule has 0 N–H and O–H groups in total. The summed E-state index contributed by atoms with van der Waals surface area (Å²) in [5, 5.41) is 4.09. The Bertz CT molecular complexity index is 1340. The number of hydrogen-bond donors (Lipinski definition) is 0. The van der Waals surface area contributed by atoms with Crippen LogP contribution in [-0.4, -0.2) is 47.2 Å². The first-order valence-electron chi connectivity index (χ1n) is 14.9. The van der Waals surface area contributed by atoms with Crippen molar-refractivity contribution in [3.63, 3.8) is 0 Å². The standard InChI is InChI=1S/C33H40N4O3/c1-23(2)31-34-33(40-35-31)36-18-15-24(16-19-36)22-39-30-13-11-27(12-14-30)26-7-9-28(10-8-26)32(38)37-20-17-25-5-3-4-6-29(25)21-37/h3-7,11-14,23-24,28H,8-10,15-22H2,1-2H3. The fraction of sp³-hybridized carbons (Fsp3) is 0.485. The second-order valence-corrected chi connectivity index (χ2v) is 11.8. The molecule has 1 aliphatic carbocycles. The zero-order chi connectivity index (χ0) is 27.5. The molecule has 1 fully saturated rings. The summed E-state index contributed by atoms with van der Waals surface area (Å²) in [6.45, 7) is 8.28. The van der Waals surface area contributed by atoms with Gasteiger partial charge in [-0.3, -0.25) is 4.79 Å². The van der Waals surface area contributed by atoms with E-state index in [1.807, 2.05) is 0 Å². The number of piperidine rings is 1. The topological polar surface area (TPSA) is 71.7 Å². The third-order valence-electron chi connectivity index (χ3n) is 8.75. The number of benzene rings is 2. The maximum Gasteiger partial charge on any atom is 0.324 e. The minimum Gasteiger partial charge on any atom is -0.493 e. The van der Waals surface area contributed by atoms with Gasteiger partial charge in [0.25, 0.3) is 0 Å². The molecule has 40 heavy (non-hydrogen) atoms. The highest BCUT2D eigenvalue weighted by molar-refractivity contribution is 5.81. The fourth-order valence-corrected chi connectivity index (χ4v) is 6.12. The Morgan fingerprint density at radius 1 is 1.00 bits per heavy atom. The van der Waals surface area contributed by atoms with Crippen LogP contribution in [0.25, 0.3) is 5.57 Å². The highest BCUT2D eigenvalue weighted by Crippen LogP contribution is 2.33. The van der Waals surface area contributed by atoms with Crippen LogP contribution in [0.3, 0.4) is 0 Å². The van der Waals surface area contributed by atoms with E-state index in [4.69, 9.17) is 9.26 Å². The summed E-state index contributed by atoms with van der Waals surface area (Å²) in [4.78, 5) is 22.0. The van der Waals surface area contributed by atoms with Crippen molar-refractivity contribution in [3.8, 4) is 5.75 Å². The van der Waals surface area contributed by atoms with Crippen LogP contribution < -0.4 is 9.64 Å².